The van der Waals surface area contributed by atoms with Crippen LogP contribution in [0.3, 0.4) is 0 Å². The first-order valence-corrected chi connectivity index (χ1v) is 5.58. The minimum atomic E-state index is 0.0366. The number of rotatable bonds is 5. The van der Waals surface area contributed by atoms with Gasteiger partial charge in [0.15, 0.2) is 5.78 Å². The first-order chi connectivity index (χ1) is 7.79. The first kappa shape index (κ1) is 11.1. The van der Waals surface area contributed by atoms with E-state index in [1.165, 1.54) is 6.42 Å². The Morgan fingerprint density at radius 1 is 1.31 bits per heavy atom. The molecule has 0 aliphatic heterocycles. The third-order valence-corrected chi connectivity index (χ3v) is 2.91. The lowest BCUT2D eigenvalue weighted by atomic mass is 9.96. The molecule has 1 fully saturated rings. The SMILES string of the molecule is COc1ccc(C(=O)COC2CCC2)cc1. The van der Waals surface area contributed by atoms with Gasteiger partial charge in [-0.15, -0.1) is 0 Å². The summed E-state index contributed by atoms with van der Waals surface area (Å²) < 4.78 is 10.5. The monoisotopic (exact) mass is 220 g/mol. The van der Waals surface area contributed by atoms with Crippen LogP contribution in [0, 0.1) is 0 Å². The average molecular weight is 220 g/mol. The molecule has 0 radical (unpaired) electrons. The standard InChI is InChI=1S/C13H16O3/c1-15-11-7-5-10(6-8-11)13(14)9-16-12-3-2-4-12/h5-8,12H,2-4,9H2,1H3. The number of ether oxygens (including phenoxy) is 2. The maximum atomic E-state index is 11.7. The van der Waals surface area contributed by atoms with E-state index in [0.29, 0.717) is 11.7 Å². The van der Waals surface area contributed by atoms with Crippen molar-refractivity contribution in [1.82, 2.24) is 0 Å². The van der Waals surface area contributed by atoms with Crippen molar-refractivity contribution in [1.29, 1.82) is 0 Å². The Hall–Kier alpha value is -1.35. The highest BCUT2D eigenvalue weighted by Crippen LogP contribution is 2.22. The molecule has 0 heterocycles. The van der Waals surface area contributed by atoms with Gasteiger partial charge in [-0.3, -0.25) is 4.79 Å². The summed E-state index contributed by atoms with van der Waals surface area (Å²) in [6, 6.07) is 7.11. The molecule has 0 N–H and O–H groups in total. The van der Waals surface area contributed by atoms with Crippen molar-refractivity contribution in [3.63, 3.8) is 0 Å². The van der Waals surface area contributed by atoms with Gasteiger partial charge in [0.05, 0.1) is 13.2 Å². The summed E-state index contributed by atoms with van der Waals surface area (Å²) in [6.45, 7) is 0.191. The summed E-state index contributed by atoms with van der Waals surface area (Å²) >= 11 is 0. The molecule has 1 aromatic carbocycles. The van der Waals surface area contributed by atoms with Crippen LogP contribution < -0.4 is 4.74 Å². The number of carbonyl (C=O) groups excluding carboxylic acids is 1. The van der Waals surface area contributed by atoms with Crippen LogP contribution in [-0.4, -0.2) is 25.6 Å². The molecular formula is C13H16O3. The van der Waals surface area contributed by atoms with Gasteiger partial charge < -0.3 is 9.47 Å². The highest BCUT2D eigenvalue weighted by Gasteiger charge is 2.19. The number of hydrogen-bond donors (Lipinski definition) is 0. The van der Waals surface area contributed by atoms with Crippen LogP contribution in [-0.2, 0) is 4.74 Å². The van der Waals surface area contributed by atoms with Crippen molar-refractivity contribution in [3.05, 3.63) is 29.8 Å². The largest absolute Gasteiger partial charge is 0.497 e. The third kappa shape index (κ3) is 2.61. The number of Topliss-reactive ketones (excluding diaryl/α,β-unsaturated/α-hetero) is 1. The highest BCUT2D eigenvalue weighted by molar-refractivity contribution is 5.97. The van der Waals surface area contributed by atoms with Crippen molar-refractivity contribution >= 4 is 5.78 Å². The Bertz CT molecular complexity index is 352. The van der Waals surface area contributed by atoms with Crippen molar-refractivity contribution in [2.45, 2.75) is 25.4 Å². The minimum Gasteiger partial charge on any atom is -0.497 e. The van der Waals surface area contributed by atoms with E-state index in [2.05, 4.69) is 0 Å². The molecule has 0 saturated heterocycles. The Morgan fingerprint density at radius 3 is 2.50 bits per heavy atom. The summed E-state index contributed by atoms with van der Waals surface area (Å²) in [4.78, 5) is 11.7. The molecule has 1 aliphatic rings. The van der Waals surface area contributed by atoms with Crippen LogP contribution in [0.4, 0.5) is 0 Å². The summed E-state index contributed by atoms with van der Waals surface area (Å²) in [5.74, 6) is 0.797. The van der Waals surface area contributed by atoms with Crippen LogP contribution in [0.1, 0.15) is 29.6 Å². The van der Waals surface area contributed by atoms with Crippen molar-refractivity contribution in [2.24, 2.45) is 0 Å². The van der Waals surface area contributed by atoms with Crippen LogP contribution >= 0.6 is 0 Å². The molecule has 2 rings (SSSR count). The second-order valence-corrected chi connectivity index (χ2v) is 4.02. The second kappa shape index (κ2) is 5.12. The van der Waals surface area contributed by atoms with Gasteiger partial charge in [0.1, 0.15) is 12.4 Å². The third-order valence-electron chi connectivity index (χ3n) is 2.91. The fraction of sp³-hybridized carbons (Fsp3) is 0.462. The fourth-order valence-electron chi connectivity index (χ4n) is 1.59. The molecule has 3 heteroatoms. The average Bonchev–Trinajstić information content (AvgIpc) is 2.27. The van der Waals surface area contributed by atoms with Crippen LogP contribution in [0.25, 0.3) is 0 Å². The molecule has 1 saturated carbocycles. The Kier molecular flexibility index (Phi) is 3.57. The van der Waals surface area contributed by atoms with Gasteiger partial charge in [-0.05, 0) is 43.5 Å². The van der Waals surface area contributed by atoms with Gasteiger partial charge in [0, 0.05) is 5.56 Å². The molecular weight excluding hydrogens is 204 g/mol. The van der Waals surface area contributed by atoms with Crippen molar-refractivity contribution in [2.75, 3.05) is 13.7 Å². The zero-order valence-corrected chi connectivity index (χ0v) is 9.44. The van der Waals surface area contributed by atoms with Crippen LogP contribution in [0.2, 0.25) is 0 Å². The molecule has 0 spiro atoms. The lowest BCUT2D eigenvalue weighted by Crippen LogP contribution is -2.24. The minimum absolute atomic E-state index is 0.0366. The van der Waals surface area contributed by atoms with E-state index in [1.54, 1.807) is 31.4 Å². The van der Waals surface area contributed by atoms with Crippen LogP contribution in [0.5, 0.6) is 5.75 Å². The van der Waals surface area contributed by atoms with Gasteiger partial charge in [0.25, 0.3) is 0 Å². The van der Waals surface area contributed by atoms with E-state index < -0.39 is 0 Å². The molecule has 1 aliphatic carbocycles. The number of carbonyl (C=O) groups is 1. The van der Waals surface area contributed by atoms with E-state index >= 15 is 0 Å². The van der Waals surface area contributed by atoms with Crippen LogP contribution in [0.15, 0.2) is 24.3 Å². The molecule has 1 aromatic rings. The fourth-order valence-corrected chi connectivity index (χ4v) is 1.59. The lowest BCUT2D eigenvalue weighted by molar-refractivity contribution is 0.00731. The number of ketones is 1. The Labute approximate surface area is 95.4 Å². The van der Waals surface area contributed by atoms with E-state index in [9.17, 15) is 4.79 Å². The van der Waals surface area contributed by atoms with Gasteiger partial charge in [0.2, 0.25) is 0 Å². The van der Waals surface area contributed by atoms with Crippen molar-refractivity contribution < 1.29 is 14.3 Å². The van der Waals surface area contributed by atoms with E-state index in [1.807, 2.05) is 0 Å². The van der Waals surface area contributed by atoms with E-state index in [0.717, 1.165) is 18.6 Å². The van der Waals surface area contributed by atoms with Crippen molar-refractivity contribution in [3.8, 4) is 5.75 Å². The topological polar surface area (TPSA) is 35.5 Å². The Morgan fingerprint density at radius 2 is 2.00 bits per heavy atom. The van der Waals surface area contributed by atoms with E-state index in [-0.39, 0.29) is 12.4 Å². The maximum Gasteiger partial charge on any atom is 0.188 e. The number of methoxy groups -OCH3 is 1. The normalized spacial score (nSPS) is 15.6. The molecule has 86 valence electrons. The summed E-state index contributed by atoms with van der Waals surface area (Å²) in [5, 5.41) is 0. The zero-order chi connectivity index (χ0) is 11.4. The number of benzene rings is 1. The quantitative estimate of drug-likeness (QED) is 0.715. The number of hydrogen-bond acceptors (Lipinski definition) is 3. The van der Waals surface area contributed by atoms with E-state index in [4.69, 9.17) is 9.47 Å². The maximum absolute atomic E-state index is 11.7. The molecule has 16 heavy (non-hydrogen) atoms. The van der Waals surface area contributed by atoms with Gasteiger partial charge >= 0.3 is 0 Å². The molecule has 0 aromatic heterocycles. The first-order valence-electron chi connectivity index (χ1n) is 5.58. The second-order valence-electron chi connectivity index (χ2n) is 4.02. The lowest BCUT2D eigenvalue weighted by Gasteiger charge is -2.25. The van der Waals surface area contributed by atoms with Gasteiger partial charge in [-0.1, -0.05) is 0 Å². The molecule has 0 bridgehead atoms. The predicted molar refractivity (Wildman–Crippen MR) is 60.9 cm³/mol. The molecule has 0 amide bonds. The zero-order valence-electron chi connectivity index (χ0n) is 9.44. The van der Waals surface area contributed by atoms with Gasteiger partial charge in [-0.2, -0.15) is 0 Å². The predicted octanol–water partition coefficient (Wildman–Crippen LogP) is 2.45. The summed E-state index contributed by atoms with van der Waals surface area (Å²) in [7, 11) is 1.61. The smallest absolute Gasteiger partial charge is 0.188 e. The van der Waals surface area contributed by atoms with Gasteiger partial charge in [-0.25, -0.2) is 0 Å². The highest BCUT2D eigenvalue weighted by atomic mass is 16.5. The molecule has 0 atom stereocenters. The summed E-state index contributed by atoms with van der Waals surface area (Å²) in [5.41, 5.74) is 0.681. The Balaban J connectivity index is 1.86. The molecule has 3 nitrogen and oxygen atoms in total. The summed E-state index contributed by atoms with van der Waals surface area (Å²) in [6.07, 6.45) is 3.72. The molecule has 0 unspecified atom stereocenters.